The van der Waals surface area contributed by atoms with Crippen LogP contribution in [0.25, 0.3) is 0 Å². The zero-order valence-corrected chi connectivity index (χ0v) is 9.17. The Kier molecular flexibility index (Phi) is 2.28. The third kappa shape index (κ3) is 1.54. The normalized spacial score (nSPS) is 27.5. The Labute approximate surface area is 95.6 Å². The summed E-state index contributed by atoms with van der Waals surface area (Å²) in [5, 5.41) is 0. The van der Waals surface area contributed by atoms with Crippen LogP contribution in [-0.4, -0.2) is 16.8 Å². The van der Waals surface area contributed by atoms with E-state index in [0.717, 1.165) is 19.4 Å². The molecule has 1 saturated heterocycles. The van der Waals surface area contributed by atoms with E-state index < -0.39 is 0 Å². The van der Waals surface area contributed by atoms with Gasteiger partial charge in [0.15, 0.2) is 0 Å². The zero-order valence-electron chi connectivity index (χ0n) is 9.17. The third-order valence-electron chi connectivity index (χ3n) is 3.53. The summed E-state index contributed by atoms with van der Waals surface area (Å²) in [6.45, 7) is 0.755. The van der Waals surface area contributed by atoms with Gasteiger partial charge in [-0.05, 0) is 18.4 Å². The number of hydrogen-bond donors (Lipinski definition) is 0. The fourth-order valence-electron chi connectivity index (χ4n) is 2.67. The largest absolute Gasteiger partial charge is 0.332 e. The molecule has 0 aromatic heterocycles. The van der Waals surface area contributed by atoms with Crippen LogP contribution in [0.5, 0.6) is 0 Å². The van der Waals surface area contributed by atoms with Crippen LogP contribution in [0.3, 0.4) is 0 Å². The molecular formula is C14H15NO. The topological polar surface area (TPSA) is 20.3 Å². The average molecular weight is 213 g/mol. The molecule has 1 aromatic carbocycles. The summed E-state index contributed by atoms with van der Waals surface area (Å²) in [6.07, 6.45) is 6.29. The highest BCUT2D eigenvalue weighted by molar-refractivity contribution is 5.82. The second-order valence-electron chi connectivity index (χ2n) is 4.62. The van der Waals surface area contributed by atoms with Gasteiger partial charge in [-0.25, -0.2) is 0 Å². The summed E-state index contributed by atoms with van der Waals surface area (Å²) in [5.74, 6) is 0.581. The Morgan fingerprint density at radius 2 is 2.06 bits per heavy atom. The van der Waals surface area contributed by atoms with E-state index in [2.05, 4.69) is 24.3 Å². The van der Waals surface area contributed by atoms with Crippen molar-refractivity contribution in [3.63, 3.8) is 0 Å². The van der Waals surface area contributed by atoms with E-state index in [9.17, 15) is 4.79 Å². The quantitative estimate of drug-likeness (QED) is 0.691. The van der Waals surface area contributed by atoms with Crippen LogP contribution < -0.4 is 0 Å². The predicted molar refractivity (Wildman–Crippen MR) is 62.6 cm³/mol. The molecule has 1 fully saturated rings. The van der Waals surface area contributed by atoms with Crippen LogP contribution in [0.1, 0.15) is 18.4 Å². The number of fused-ring (bicyclic) bond motifs is 2. The molecule has 0 spiro atoms. The van der Waals surface area contributed by atoms with Crippen LogP contribution in [0.15, 0.2) is 42.5 Å². The number of allylic oxidation sites excluding steroid dienone is 1. The van der Waals surface area contributed by atoms with Gasteiger partial charge in [0.2, 0.25) is 5.91 Å². The first-order valence-corrected chi connectivity index (χ1v) is 5.85. The van der Waals surface area contributed by atoms with Gasteiger partial charge in [0.1, 0.15) is 0 Å². The van der Waals surface area contributed by atoms with Crippen LogP contribution in [0, 0.1) is 5.92 Å². The molecule has 16 heavy (non-hydrogen) atoms. The van der Waals surface area contributed by atoms with Gasteiger partial charge >= 0.3 is 0 Å². The van der Waals surface area contributed by atoms with Gasteiger partial charge in [-0.2, -0.15) is 0 Å². The average Bonchev–Trinajstić information content (AvgIpc) is 2.55. The second kappa shape index (κ2) is 3.78. The zero-order chi connectivity index (χ0) is 11.0. The molecule has 2 unspecified atom stereocenters. The van der Waals surface area contributed by atoms with Gasteiger partial charge in [-0.3, -0.25) is 4.79 Å². The molecule has 0 N–H and O–H groups in total. The van der Waals surface area contributed by atoms with Crippen LogP contribution in [-0.2, 0) is 11.3 Å². The molecule has 2 aliphatic rings. The van der Waals surface area contributed by atoms with Crippen molar-refractivity contribution < 1.29 is 4.79 Å². The van der Waals surface area contributed by atoms with Crippen molar-refractivity contribution in [2.24, 2.45) is 5.92 Å². The first-order chi connectivity index (χ1) is 7.84. The van der Waals surface area contributed by atoms with E-state index >= 15 is 0 Å². The number of carbonyl (C=O) groups excluding carboxylic acids is 1. The molecular weight excluding hydrogens is 198 g/mol. The van der Waals surface area contributed by atoms with Crippen LogP contribution in [0.2, 0.25) is 0 Å². The maximum absolute atomic E-state index is 12.1. The van der Waals surface area contributed by atoms with Crippen molar-refractivity contribution in [1.29, 1.82) is 0 Å². The summed E-state index contributed by atoms with van der Waals surface area (Å²) in [5.41, 5.74) is 1.22. The van der Waals surface area contributed by atoms with E-state index in [-0.39, 0.29) is 5.92 Å². The molecule has 2 nitrogen and oxygen atoms in total. The molecule has 2 heteroatoms. The van der Waals surface area contributed by atoms with Crippen LogP contribution in [0.4, 0.5) is 0 Å². The highest BCUT2D eigenvalue weighted by Gasteiger charge is 2.39. The third-order valence-corrected chi connectivity index (χ3v) is 3.53. The summed E-state index contributed by atoms with van der Waals surface area (Å²) < 4.78 is 0. The molecule has 1 amide bonds. The Morgan fingerprint density at radius 1 is 1.25 bits per heavy atom. The van der Waals surface area contributed by atoms with Crippen molar-refractivity contribution in [2.75, 3.05) is 0 Å². The highest BCUT2D eigenvalue weighted by Crippen LogP contribution is 2.33. The summed E-state index contributed by atoms with van der Waals surface area (Å²) in [7, 11) is 0. The molecule has 2 bridgehead atoms. The Hall–Kier alpha value is -1.57. The first kappa shape index (κ1) is 9.64. The molecule has 1 aliphatic heterocycles. The summed E-state index contributed by atoms with van der Waals surface area (Å²) in [4.78, 5) is 14.1. The lowest BCUT2D eigenvalue weighted by atomic mass is 9.96. The standard InChI is InChI=1S/C14H15NO/c16-14-12-7-4-8-13(9-12)15(14)10-11-5-2-1-3-6-11/h1-6,8,12-13H,7,9-10H2. The van der Waals surface area contributed by atoms with Crippen molar-refractivity contribution >= 4 is 5.91 Å². The lowest BCUT2D eigenvalue weighted by molar-refractivity contribution is -0.131. The number of hydrogen-bond acceptors (Lipinski definition) is 1. The van der Waals surface area contributed by atoms with E-state index in [1.54, 1.807) is 0 Å². The SMILES string of the molecule is O=C1C2CC=CC(C2)N1Cc1ccccc1. The minimum atomic E-state index is 0.249. The van der Waals surface area contributed by atoms with Crippen molar-refractivity contribution in [3.8, 4) is 0 Å². The van der Waals surface area contributed by atoms with Gasteiger partial charge in [-0.1, -0.05) is 42.5 Å². The second-order valence-corrected chi connectivity index (χ2v) is 4.62. The van der Waals surface area contributed by atoms with Crippen LogP contribution >= 0.6 is 0 Å². The predicted octanol–water partition coefficient (Wildman–Crippen LogP) is 2.36. The number of carbonyl (C=O) groups is 1. The number of likely N-dealkylation sites (tertiary alicyclic amines) is 1. The number of benzene rings is 1. The van der Waals surface area contributed by atoms with Gasteiger partial charge in [0, 0.05) is 12.5 Å². The Bertz CT molecular complexity index is 424. The molecule has 3 rings (SSSR count). The number of rotatable bonds is 2. The maximum atomic E-state index is 12.1. The molecule has 0 saturated carbocycles. The maximum Gasteiger partial charge on any atom is 0.226 e. The fraction of sp³-hybridized carbons (Fsp3) is 0.357. The monoisotopic (exact) mass is 213 g/mol. The van der Waals surface area contributed by atoms with Gasteiger partial charge in [0.05, 0.1) is 6.04 Å². The summed E-state index contributed by atoms with van der Waals surface area (Å²) >= 11 is 0. The lowest BCUT2D eigenvalue weighted by Gasteiger charge is -2.22. The lowest BCUT2D eigenvalue weighted by Crippen LogP contribution is -2.31. The molecule has 1 heterocycles. The first-order valence-electron chi connectivity index (χ1n) is 5.85. The number of nitrogens with zero attached hydrogens (tertiary/aromatic N) is 1. The molecule has 0 radical (unpaired) electrons. The fourth-order valence-corrected chi connectivity index (χ4v) is 2.67. The number of amides is 1. The molecule has 82 valence electrons. The minimum absolute atomic E-state index is 0.249. The van der Waals surface area contributed by atoms with Gasteiger partial charge in [-0.15, -0.1) is 0 Å². The van der Waals surface area contributed by atoms with E-state index in [0.29, 0.717) is 11.9 Å². The molecule has 1 aromatic rings. The van der Waals surface area contributed by atoms with E-state index in [1.165, 1.54) is 5.56 Å². The smallest absolute Gasteiger partial charge is 0.226 e. The molecule has 2 atom stereocenters. The van der Waals surface area contributed by atoms with Crippen molar-refractivity contribution in [1.82, 2.24) is 4.90 Å². The Morgan fingerprint density at radius 3 is 2.81 bits per heavy atom. The van der Waals surface area contributed by atoms with Crippen molar-refractivity contribution in [2.45, 2.75) is 25.4 Å². The highest BCUT2D eigenvalue weighted by atomic mass is 16.2. The van der Waals surface area contributed by atoms with Gasteiger partial charge in [0.25, 0.3) is 0 Å². The van der Waals surface area contributed by atoms with E-state index in [4.69, 9.17) is 0 Å². The summed E-state index contributed by atoms with van der Waals surface area (Å²) in [6, 6.07) is 10.6. The van der Waals surface area contributed by atoms with E-state index in [1.807, 2.05) is 23.1 Å². The van der Waals surface area contributed by atoms with Crippen molar-refractivity contribution in [3.05, 3.63) is 48.0 Å². The van der Waals surface area contributed by atoms with Gasteiger partial charge < -0.3 is 4.90 Å². The Balaban J connectivity index is 1.81. The molecule has 1 aliphatic carbocycles. The minimum Gasteiger partial charge on any atom is -0.332 e.